The van der Waals surface area contributed by atoms with Crippen LogP contribution in [0.25, 0.3) is 0 Å². The summed E-state index contributed by atoms with van der Waals surface area (Å²) in [6, 6.07) is 15.3. The number of esters is 1. The van der Waals surface area contributed by atoms with E-state index in [-0.39, 0.29) is 11.5 Å². The van der Waals surface area contributed by atoms with Crippen LogP contribution in [0, 0.1) is 5.82 Å². The van der Waals surface area contributed by atoms with Crippen LogP contribution in [0.2, 0.25) is 0 Å². The number of hydrogen-bond acceptors (Lipinski definition) is 3. The van der Waals surface area contributed by atoms with Gasteiger partial charge >= 0.3 is 5.97 Å². The Balaban J connectivity index is 2.30. The number of carbonyl (C=O) groups is 1. The molecule has 23 heavy (non-hydrogen) atoms. The zero-order valence-electron chi connectivity index (χ0n) is 13.5. The van der Waals surface area contributed by atoms with Crippen molar-refractivity contribution in [1.29, 1.82) is 0 Å². The van der Waals surface area contributed by atoms with E-state index in [2.05, 4.69) is 4.99 Å². The second-order valence-electron chi connectivity index (χ2n) is 6.16. The van der Waals surface area contributed by atoms with Gasteiger partial charge in [0, 0.05) is 5.56 Å². The average molecular weight is 313 g/mol. The van der Waals surface area contributed by atoms with Gasteiger partial charge in [-0.2, -0.15) is 0 Å². The summed E-state index contributed by atoms with van der Waals surface area (Å²) in [6.07, 6.45) is 0. The maximum Gasteiger partial charge on any atom is 0.357 e. The number of rotatable bonds is 4. The van der Waals surface area contributed by atoms with Gasteiger partial charge in [0.1, 0.15) is 11.4 Å². The van der Waals surface area contributed by atoms with Crippen molar-refractivity contribution in [2.75, 3.05) is 0 Å². The summed E-state index contributed by atoms with van der Waals surface area (Å²) in [4.78, 5) is 16.8. The SMILES string of the molecule is CC(C)(C)OC(=O)C(=NCc1ccccc1)c1ccc(F)cc1. The summed E-state index contributed by atoms with van der Waals surface area (Å²) in [5.74, 6) is -0.875. The Morgan fingerprint density at radius 3 is 2.22 bits per heavy atom. The minimum absolute atomic E-state index is 0.198. The van der Waals surface area contributed by atoms with Crippen LogP contribution in [0.1, 0.15) is 31.9 Å². The normalized spacial score (nSPS) is 12.1. The molecule has 0 N–H and O–H groups in total. The molecule has 3 nitrogen and oxygen atoms in total. The van der Waals surface area contributed by atoms with Crippen molar-refractivity contribution >= 4 is 11.7 Å². The summed E-state index contributed by atoms with van der Waals surface area (Å²) in [5, 5.41) is 0. The predicted molar refractivity (Wildman–Crippen MR) is 88.9 cm³/mol. The molecule has 0 aliphatic heterocycles. The van der Waals surface area contributed by atoms with Gasteiger partial charge < -0.3 is 4.74 Å². The van der Waals surface area contributed by atoms with Gasteiger partial charge in [0.25, 0.3) is 0 Å². The predicted octanol–water partition coefficient (Wildman–Crippen LogP) is 4.16. The summed E-state index contributed by atoms with van der Waals surface area (Å²) in [7, 11) is 0. The Labute approximate surface area is 135 Å². The molecule has 2 aromatic carbocycles. The van der Waals surface area contributed by atoms with E-state index in [1.165, 1.54) is 24.3 Å². The molecule has 0 radical (unpaired) electrons. The third-order valence-corrected chi connectivity index (χ3v) is 2.97. The van der Waals surface area contributed by atoms with E-state index in [4.69, 9.17) is 4.74 Å². The van der Waals surface area contributed by atoms with Crippen molar-refractivity contribution in [3.05, 3.63) is 71.5 Å². The highest BCUT2D eigenvalue weighted by atomic mass is 19.1. The zero-order chi connectivity index (χ0) is 16.9. The molecule has 0 saturated heterocycles. The second kappa shape index (κ2) is 7.18. The first kappa shape index (κ1) is 16.9. The standard InChI is InChI=1S/C19H20FNO2/c1-19(2,3)23-18(22)17(15-9-11-16(20)12-10-15)21-13-14-7-5-4-6-8-14/h4-12H,13H2,1-3H3. The third kappa shape index (κ3) is 5.33. The Bertz CT molecular complexity index is 686. The van der Waals surface area contributed by atoms with E-state index in [0.29, 0.717) is 12.1 Å². The van der Waals surface area contributed by atoms with E-state index in [9.17, 15) is 9.18 Å². The van der Waals surface area contributed by atoms with Gasteiger partial charge in [-0.3, -0.25) is 4.99 Å². The quantitative estimate of drug-likeness (QED) is 0.628. The minimum Gasteiger partial charge on any atom is -0.455 e. The fourth-order valence-electron chi connectivity index (χ4n) is 1.96. The molecular weight excluding hydrogens is 293 g/mol. The fourth-order valence-corrected chi connectivity index (χ4v) is 1.96. The van der Waals surface area contributed by atoms with Crippen LogP contribution in [0.5, 0.6) is 0 Å². The monoisotopic (exact) mass is 313 g/mol. The molecule has 120 valence electrons. The van der Waals surface area contributed by atoms with Crippen LogP contribution in [0.3, 0.4) is 0 Å². The third-order valence-electron chi connectivity index (χ3n) is 2.97. The maximum atomic E-state index is 13.1. The molecule has 0 atom stereocenters. The van der Waals surface area contributed by atoms with Crippen LogP contribution >= 0.6 is 0 Å². The number of benzene rings is 2. The molecular formula is C19H20FNO2. The molecule has 0 spiro atoms. The van der Waals surface area contributed by atoms with Crippen molar-refractivity contribution in [1.82, 2.24) is 0 Å². The highest BCUT2D eigenvalue weighted by Gasteiger charge is 2.22. The summed E-state index contributed by atoms with van der Waals surface area (Å²) < 4.78 is 18.5. The lowest BCUT2D eigenvalue weighted by Gasteiger charge is -2.20. The smallest absolute Gasteiger partial charge is 0.357 e. The van der Waals surface area contributed by atoms with Gasteiger partial charge in [-0.1, -0.05) is 30.3 Å². The molecule has 0 heterocycles. The summed E-state index contributed by atoms with van der Waals surface area (Å²) in [6.45, 7) is 5.74. The fraction of sp³-hybridized carbons (Fsp3) is 0.263. The molecule has 2 rings (SSSR count). The molecule has 0 bridgehead atoms. The molecule has 4 heteroatoms. The maximum absolute atomic E-state index is 13.1. The second-order valence-corrected chi connectivity index (χ2v) is 6.16. The number of hydrogen-bond donors (Lipinski definition) is 0. The van der Waals surface area contributed by atoms with E-state index in [1.54, 1.807) is 20.8 Å². The molecule has 0 amide bonds. The van der Waals surface area contributed by atoms with Crippen molar-refractivity contribution in [2.45, 2.75) is 32.9 Å². The van der Waals surface area contributed by atoms with Crippen molar-refractivity contribution in [2.24, 2.45) is 4.99 Å². The largest absolute Gasteiger partial charge is 0.455 e. The summed E-state index contributed by atoms with van der Waals surface area (Å²) >= 11 is 0. The Hall–Kier alpha value is -2.49. The molecule has 0 aromatic heterocycles. The highest BCUT2D eigenvalue weighted by molar-refractivity contribution is 6.43. The summed E-state index contributed by atoms with van der Waals surface area (Å²) in [5.41, 5.74) is 1.10. The van der Waals surface area contributed by atoms with Gasteiger partial charge in [-0.25, -0.2) is 9.18 Å². The van der Waals surface area contributed by atoms with E-state index in [1.807, 2.05) is 30.3 Å². The van der Waals surface area contributed by atoms with Crippen LogP contribution in [0.15, 0.2) is 59.6 Å². The number of ether oxygens (including phenoxy) is 1. The molecule has 0 fully saturated rings. The van der Waals surface area contributed by atoms with Crippen LogP contribution in [-0.4, -0.2) is 17.3 Å². The van der Waals surface area contributed by atoms with Gasteiger partial charge in [-0.15, -0.1) is 0 Å². The molecule has 0 unspecified atom stereocenters. The lowest BCUT2D eigenvalue weighted by molar-refractivity contribution is -0.146. The van der Waals surface area contributed by atoms with Crippen LogP contribution in [0.4, 0.5) is 4.39 Å². The van der Waals surface area contributed by atoms with Crippen LogP contribution in [-0.2, 0) is 16.1 Å². The van der Waals surface area contributed by atoms with Gasteiger partial charge in [0.2, 0.25) is 0 Å². The topological polar surface area (TPSA) is 38.7 Å². The average Bonchev–Trinajstić information content (AvgIpc) is 2.48. The lowest BCUT2D eigenvalue weighted by atomic mass is 10.1. The molecule has 2 aromatic rings. The van der Waals surface area contributed by atoms with Gasteiger partial charge in [0.15, 0.2) is 5.71 Å². The number of halogens is 1. The number of nitrogens with zero attached hydrogens (tertiary/aromatic N) is 1. The Morgan fingerprint density at radius 2 is 1.65 bits per heavy atom. The van der Waals surface area contributed by atoms with Gasteiger partial charge in [-0.05, 0) is 50.6 Å². The first-order chi connectivity index (χ1) is 10.8. The van der Waals surface area contributed by atoms with E-state index < -0.39 is 11.6 Å². The van der Waals surface area contributed by atoms with Gasteiger partial charge in [0.05, 0.1) is 6.54 Å². The highest BCUT2D eigenvalue weighted by Crippen LogP contribution is 2.13. The number of aliphatic imine (C=N–C) groups is 1. The Kier molecular flexibility index (Phi) is 5.27. The van der Waals surface area contributed by atoms with Crippen LogP contribution < -0.4 is 0 Å². The zero-order valence-corrected chi connectivity index (χ0v) is 13.5. The molecule has 0 aliphatic carbocycles. The Morgan fingerprint density at radius 1 is 1.04 bits per heavy atom. The minimum atomic E-state index is -0.620. The molecule has 0 aliphatic rings. The van der Waals surface area contributed by atoms with Crippen molar-refractivity contribution in [3.8, 4) is 0 Å². The lowest BCUT2D eigenvalue weighted by Crippen LogP contribution is -2.29. The number of carbonyl (C=O) groups excluding carboxylic acids is 1. The van der Waals surface area contributed by atoms with Crippen molar-refractivity contribution in [3.63, 3.8) is 0 Å². The van der Waals surface area contributed by atoms with E-state index >= 15 is 0 Å². The molecule has 0 saturated carbocycles. The first-order valence-electron chi connectivity index (χ1n) is 7.43. The van der Waals surface area contributed by atoms with E-state index in [0.717, 1.165) is 5.56 Å². The van der Waals surface area contributed by atoms with Crippen molar-refractivity contribution < 1.29 is 13.9 Å². The first-order valence-corrected chi connectivity index (χ1v) is 7.43.